The summed E-state index contributed by atoms with van der Waals surface area (Å²) in [7, 11) is 0. The number of aromatic amines is 1. The molecule has 0 aliphatic heterocycles. The van der Waals surface area contributed by atoms with Crippen molar-refractivity contribution in [3.05, 3.63) is 82.8 Å². The predicted molar refractivity (Wildman–Crippen MR) is 124 cm³/mol. The number of rotatable bonds is 7. The number of imidazole rings is 1. The van der Waals surface area contributed by atoms with Crippen LogP contribution in [0.25, 0.3) is 17.0 Å². The summed E-state index contributed by atoms with van der Waals surface area (Å²) in [5.41, 5.74) is 3.69. The molecule has 33 heavy (non-hydrogen) atoms. The number of aliphatic carboxylic acids is 1. The van der Waals surface area contributed by atoms with Gasteiger partial charge in [0.25, 0.3) is 0 Å². The van der Waals surface area contributed by atoms with Crippen LogP contribution in [0.3, 0.4) is 0 Å². The third kappa shape index (κ3) is 4.92. The minimum atomic E-state index is -1.10. The zero-order valence-electron chi connectivity index (χ0n) is 16.9. The van der Waals surface area contributed by atoms with E-state index in [1.165, 1.54) is 30.5 Å². The quantitative estimate of drug-likeness (QED) is 0.282. The number of nitrogens with zero attached hydrogens (tertiary/aromatic N) is 3. The number of aromatic nitrogens is 3. The molecule has 4 N–H and O–H groups in total. The number of carbonyl (C=O) groups is 1. The molecule has 2 aromatic carbocycles. The number of hydrogen-bond acceptors (Lipinski definition) is 6. The van der Waals surface area contributed by atoms with E-state index in [2.05, 4.69) is 31.7 Å². The average Bonchev–Trinajstić information content (AvgIpc) is 3.32. The lowest BCUT2D eigenvalue weighted by molar-refractivity contribution is -0.131. The predicted octanol–water partition coefficient (Wildman–Crippen LogP) is 5.08. The number of benzene rings is 2. The van der Waals surface area contributed by atoms with Crippen molar-refractivity contribution in [3.63, 3.8) is 0 Å². The summed E-state index contributed by atoms with van der Waals surface area (Å²) in [6, 6.07) is 9.79. The highest BCUT2D eigenvalue weighted by atomic mass is 35.5. The zero-order valence-corrected chi connectivity index (χ0v) is 17.7. The van der Waals surface area contributed by atoms with Crippen LogP contribution in [0.4, 0.5) is 21.5 Å². The first-order chi connectivity index (χ1) is 15.9. The van der Waals surface area contributed by atoms with Gasteiger partial charge in [0, 0.05) is 40.8 Å². The monoisotopic (exact) mass is 462 g/mol. The van der Waals surface area contributed by atoms with Crippen LogP contribution in [0.5, 0.6) is 0 Å². The van der Waals surface area contributed by atoms with Crippen LogP contribution in [0.1, 0.15) is 16.8 Å². The van der Waals surface area contributed by atoms with Gasteiger partial charge in [-0.2, -0.15) is 5.26 Å². The fourth-order valence-electron chi connectivity index (χ4n) is 3.24. The Kier molecular flexibility index (Phi) is 6.20. The smallest absolute Gasteiger partial charge is 0.328 e. The summed E-state index contributed by atoms with van der Waals surface area (Å²) < 4.78 is 13.6. The van der Waals surface area contributed by atoms with Gasteiger partial charge in [-0.1, -0.05) is 11.6 Å². The van der Waals surface area contributed by atoms with Crippen LogP contribution in [0, 0.1) is 17.1 Å². The summed E-state index contributed by atoms with van der Waals surface area (Å²) in [6.07, 6.45) is 7.09. The van der Waals surface area contributed by atoms with E-state index in [0.717, 1.165) is 11.8 Å². The standard InChI is InChI=1S/C23H16ClFN6O2/c24-19-7-15(2-3-20(19)25)31-23-14(8-26)9-29-22-13(1-4-21(32)33)5-16(6-18(22)23)28-11-17-10-27-12-30-17/h1-7,9-10,12,28H,11H2,(H,27,30)(H,29,31)(H,32,33). The van der Waals surface area contributed by atoms with Gasteiger partial charge in [-0.05, 0) is 36.4 Å². The molecule has 4 aromatic rings. The zero-order chi connectivity index (χ0) is 23.4. The topological polar surface area (TPSA) is 127 Å². The molecule has 164 valence electrons. The Labute approximate surface area is 192 Å². The number of halogens is 2. The van der Waals surface area contributed by atoms with Gasteiger partial charge in [0.1, 0.15) is 11.9 Å². The van der Waals surface area contributed by atoms with Gasteiger partial charge < -0.3 is 20.7 Å². The third-order valence-electron chi connectivity index (χ3n) is 4.75. The molecule has 0 saturated heterocycles. The van der Waals surface area contributed by atoms with E-state index < -0.39 is 11.8 Å². The van der Waals surface area contributed by atoms with Crippen LogP contribution >= 0.6 is 11.6 Å². The van der Waals surface area contributed by atoms with Crippen LogP contribution in [0.2, 0.25) is 5.02 Å². The summed E-state index contributed by atoms with van der Waals surface area (Å²) in [5, 5.41) is 25.6. The molecule has 0 spiro atoms. The van der Waals surface area contributed by atoms with Gasteiger partial charge in [0.15, 0.2) is 0 Å². The van der Waals surface area contributed by atoms with Crippen molar-refractivity contribution in [2.45, 2.75) is 6.54 Å². The minimum Gasteiger partial charge on any atom is -0.478 e. The lowest BCUT2D eigenvalue weighted by Crippen LogP contribution is -2.02. The molecule has 0 unspecified atom stereocenters. The van der Waals surface area contributed by atoms with Gasteiger partial charge in [0.05, 0.1) is 40.4 Å². The summed E-state index contributed by atoms with van der Waals surface area (Å²) >= 11 is 5.91. The molecular weight excluding hydrogens is 447 g/mol. The number of carboxylic acid groups (broad SMARTS) is 1. The maximum absolute atomic E-state index is 13.6. The molecule has 0 radical (unpaired) electrons. The summed E-state index contributed by atoms with van der Waals surface area (Å²) in [4.78, 5) is 22.5. The lowest BCUT2D eigenvalue weighted by Gasteiger charge is -2.15. The lowest BCUT2D eigenvalue weighted by atomic mass is 10.0. The molecule has 4 rings (SSSR count). The Morgan fingerprint density at radius 2 is 2.12 bits per heavy atom. The number of anilines is 3. The second kappa shape index (κ2) is 9.38. The fourth-order valence-corrected chi connectivity index (χ4v) is 3.42. The number of pyridine rings is 1. The van der Waals surface area contributed by atoms with Crippen molar-refractivity contribution in [2.24, 2.45) is 0 Å². The van der Waals surface area contributed by atoms with Gasteiger partial charge in [-0.15, -0.1) is 0 Å². The van der Waals surface area contributed by atoms with Crippen LogP contribution in [-0.2, 0) is 11.3 Å². The Morgan fingerprint density at radius 1 is 1.27 bits per heavy atom. The number of fused-ring (bicyclic) bond motifs is 1. The molecule has 0 bridgehead atoms. The molecule has 2 aromatic heterocycles. The molecular formula is C23H16ClFN6O2. The van der Waals surface area contributed by atoms with E-state index in [1.54, 1.807) is 24.7 Å². The normalized spacial score (nSPS) is 10.9. The van der Waals surface area contributed by atoms with E-state index in [9.17, 15) is 14.4 Å². The molecule has 0 saturated carbocycles. The van der Waals surface area contributed by atoms with Gasteiger partial charge in [-0.3, -0.25) is 4.98 Å². The number of nitriles is 1. The summed E-state index contributed by atoms with van der Waals surface area (Å²) in [6.45, 7) is 0.440. The molecule has 0 aliphatic carbocycles. The van der Waals surface area contributed by atoms with E-state index in [0.29, 0.717) is 40.1 Å². The first-order valence-corrected chi connectivity index (χ1v) is 10.0. The van der Waals surface area contributed by atoms with Crippen LogP contribution < -0.4 is 10.6 Å². The number of H-pyrrole nitrogens is 1. The van der Waals surface area contributed by atoms with Crippen molar-refractivity contribution >= 4 is 51.6 Å². The molecule has 0 aliphatic rings. The Bertz CT molecular complexity index is 1410. The maximum Gasteiger partial charge on any atom is 0.328 e. The largest absolute Gasteiger partial charge is 0.478 e. The first kappa shape index (κ1) is 21.8. The highest BCUT2D eigenvalue weighted by Gasteiger charge is 2.14. The molecule has 0 fully saturated rings. The number of nitrogens with one attached hydrogen (secondary N) is 3. The first-order valence-electron chi connectivity index (χ1n) is 9.65. The highest BCUT2D eigenvalue weighted by molar-refractivity contribution is 6.31. The SMILES string of the molecule is N#Cc1cnc2c(C=CC(=O)O)cc(NCc3cnc[nH]3)cc2c1Nc1ccc(F)c(Cl)c1. The second-order valence-corrected chi connectivity index (χ2v) is 7.38. The number of hydrogen-bond donors (Lipinski definition) is 4. The Hall–Kier alpha value is -4.42. The molecule has 0 amide bonds. The van der Waals surface area contributed by atoms with Crippen molar-refractivity contribution in [1.82, 2.24) is 15.0 Å². The van der Waals surface area contributed by atoms with E-state index >= 15 is 0 Å². The molecule has 2 heterocycles. The van der Waals surface area contributed by atoms with Gasteiger partial charge in [-0.25, -0.2) is 14.2 Å². The Morgan fingerprint density at radius 3 is 2.82 bits per heavy atom. The van der Waals surface area contributed by atoms with Crippen molar-refractivity contribution < 1.29 is 14.3 Å². The molecule has 8 nitrogen and oxygen atoms in total. The van der Waals surface area contributed by atoms with Crippen molar-refractivity contribution in [3.8, 4) is 6.07 Å². The van der Waals surface area contributed by atoms with Crippen molar-refractivity contribution in [2.75, 3.05) is 10.6 Å². The highest BCUT2D eigenvalue weighted by Crippen LogP contribution is 2.34. The van der Waals surface area contributed by atoms with Crippen LogP contribution in [0.15, 0.2) is 55.1 Å². The second-order valence-electron chi connectivity index (χ2n) is 6.98. The minimum absolute atomic E-state index is 0.0659. The third-order valence-corrected chi connectivity index (χ3v) is 5.04. The number of carboxylic acids is 1. The maximum atomic E-state index is 13.6. The van der Waals surface area contributed by atoms with E-state index in [4.69, 9.17) is 16.7 Å². The summed E-state index contributed by atoms with van der Waals surface area (Å²) in [5.74, 6) is -1.67. The van der Waals surface area contributed by atoms with E-state index in [-0.39, 0.29) is 10.6 Å². The van der Waals surface area contributed by atoms with Gasteiger partial charge in [0.2, 0.25) is 0 Å². The fraction of sp³-hybridized carbons (Fsp3) is 0.0435. The van der Waals surface area contributed by atoms with Crippen molar-refractivity contribution in [1.29, 1.82) is 5.26 Å². The average molecular weight is 463 g/mol. The Balaban J connectivity index is 1.85. The van der Waals surface area contributed by atoms with E-state index in [1.807, 2.05) is 0 Å². The molecule has 0 atom stereocenters. The van der Waals surface area contributed by atoms with Gasteiger partial charge >= 0.3 is 5.97 Å². The van der Waals surface area contributed by atoms with Crippen LogP contribution in [-0.4, -0.2) is 26.0 Å². The molecule has 10 heteroatoms.